The van der Waals surface area contributed by atoms with Gasteiger partial charge in [0, 0.05) is 38.7 Å². The van der Waals surface area contributed by atoms with E-state index < -0.39 is 0 Å². The fourth-order valence-electron chi connectivity index (χ4n) is 2.67. The van der Waals surface area contributed by atoms with Crippen molar-refractivity contribution < 1.29 is 0 Å². The number of rotatable bonds is 5. The van der Waals surface area contributed by atoms with E-state index in [4.69, 9.17) is 0 Å². The summed E-state index contributed by atoms with van der Waals surface area (Å²) in [4.78, 5) is 38.2. The highest BCUT2D eigenvalue weighted by Crippen LogP contribution is 2.26. The van der Waals surface area contributed by atoms with E-state index in [0.29, 0.717) is 40.0 Å². The van der Waals surface area contributed by atoms with Gasteiger partial charge in [0.25, 0.3) is 5.56 Å². The lowest BCUT2D eigenvalue weighted by molar-refractivity contribution is 0.613. The minimum absolute atomic E-state index is 0.368. The zero-order valence-corrected chi connectivity index (χ0v) is 16.1. The maximum atomic E-state index is 12.7. The van der Waals surface area contributed by atoms with Gasteiger partial charge in [-0.05, 0) is 17.5 Å². The number of nitrogens with zero attached hydrogens (tertiary/aromatic N) is 5. The molecule has 0 aliphatic heterocycles. The molecule has 0 atom stereocenters. The molecular formula is C18H21N5O2S. The minimum Gasteiger partial charge on any atom is -0.280 e. The van der Waals surface area contributed by atoms with Crippen LogP contribution in [-0.4, -0.2) is 24.1 Å². The molecule has 3 aromatic heterocycles. The van der Waals surface area contributed by atoms with E-state index in [1.807, 2.05) is 12.1 Å². The molecule has 26 heavy (non-hydrogen) atoms. The van der Waals surface area contributed by atoms with E-state index in [1.165, 1.54) is 23.4 Å². The second-order valence-electron chi connectivity index (χ2n) is 6.60. The highest BCUT2D eigenvalue weighted by Gasteiger charge is 2.18. The van der Waals surface area contributed by atoms with Crippen molar-refractivity contribution in [2.45, 2.75) is 31.0 Å². The second kappa shape index (κ2) is 7.41. The molecule has 3 rings (SSSR count). The van der Waals surface area contributed by atoms with Crippen molar-refractivity contribution in [2.75, 3.05) is 0 Å². The van der Waals surface area contributed by atoms with Gasteiger partial charge in [-0.25, -0.2) is 14.8 Å². The third-order valence-corrected chi connectivity index (χ3v) is 5.05. The van der Waals surface area contributed by atoms with E-state index in [9.17, 15) is 9.59 Å². The quantitative estimate of drug-likeness (QED) is 0.503. The van der Waals surface area contributed by atoms with Crippen molar-refractivity contribution in [2.24, 2.45) is 20.0 Å². The number of fused-ring (bicyclic) bond motifs is 1. The normalized spacial score (nSPS) is 11.4. The van der Waals surface area contributed by atoms with Crippen LogP contribution in [0.1, 0.15) is 25.2 Å². The van der Waals surface area contributed by atoms with E-state index >= 15 is 0 Å². The lowest BCUT2D eigenvalue weighted by Crippen LogP contribution is -2.37. The first kappa shape index (κ1) is 18.3. The largest absolute Gasteiger partial charge is 0.332 e. The summed E-state index contributed by atoms with van der Waals surface area (Å²) in [7, 11) is 3.10. The molecule has 7 nitrogen and oxygen atoms in total. The van der Waals surface area contributed by atoms with Crippen LogP contribution in [0.15, 0.2) is 39.1 Å². The summed E-state index contributed by atoms with van der Waals surface area (Å²) in [5.41, 5.74) is 0.668. The monoisotopic (exact) mass is 371 g/mol. The molecule has 0 aliphatic carbocycles. The number of pyridine rings is 1. The van der Waals surface area contributed by atoms with Crippen molar-refractivity contribution in [1.82, 2.24) is 24.1 Å². The fourth-order valence-corrected chi connectivity index (χ4v) is 3.63. The molecule has 0 saturated heterocycles. The van der Waals surface area contributed by atoms with Crippen molar-refractivity contribution in [3.05, 3.63) is 56.8 Å². The molecule has 0 spiro atoms. The zero-order chi connectivity index (χ0) is 18.8. The van der Waals surface area contributed by atoms with Gasteiger partial charge in [0.15, 0.2) is 5.65 Å². The Morgan fingerprint density at radius 2 is 1.92 bits per heavy atom. The average molecular weight is 371 g/mol. The smallest absolute Gasteiger partial charge is 0.280 e. The average Bonchev–Trinajstić information content (AvgIpc) is 2.63. The highest BCUT2D eigenvalue weighted by atomic mass is 32.2. The lowest BCUT2D eigenvalue weighted by Gasteiger charge is -2.12. The summed E-state index contributed by atoms with van der Waals surface area (Å²) in [6.45, 7) is 4.16. The molecule has 3 heterocycles. The summed E-state index contributed by atoms with van der Waals surface area (Å²) < 4.78 is 2.51. The van der Waals surface area contributed by atoms with Crippen molar-refractivity contribution in [3.63, 3.8) is 0 Å². The van der Waals surface area contributed by atoms with Gasteiger partial charge in [-0.1, -0.05) is 19.9 Å². The maximum Gasteiger partial charge on any atom is 0.332 e. The zero-order valence-electron chi connectivity index (χ0n) is 15.3. The lowest BCUT2D eigenvalue weighted by atomic mass is 10.1. The summed E-state index contributed by atoms with van der Waals surface area (Å²) in [5.74, 6) is 1.64. The van der Waals surface area contributed by atoms with Crippen molar-refractivity contribution in [3.8, 4) is 0 Å². The van der Waals surface area contributed by atoms with Crippen LogP contribution in [0.3, 0.4) is 0 Å². The second-order valence-corrected chi connectivity index (χ2v) is 7.56. The Morgan fingerprint density at radius 1 is 1.15 bits per heavy atom. The first-order valence-corrected chi connectivity index (χ1v) is 9.35. The fraction of sp³-hybridized carbons (Fsp3) is 0.389. The molecule has 0 aromatic carbocycles. The minimum atomic E-state index is -0.389. The van der Waals surface area contributed by atoms with Crippen LogP contribution in [0.5, 0.6) is 0 Å². The van der Waals surface area contributed by atoms with Crippen LogP contribution >= 0.6 is 11.8 Å². The molecule has 0 bridgehead atoms. The molecule has 0 amide bonds. The molecule has 136 valence electrons. The van der Waals surface area contributed by atoms with Gasteiger partial charge in [0.1, 0.15) is 16.2 Å². The summed E-state index contributed by atoms with van der Waals surface area (Å²) in [5, 5.41) is 0.988. The van der Waals surface area contributed by atoms with Crippen LogP contribution in [0.2, 0.25) is 0 Å². The van der Waals surface area contributed by atoms with Gasteiger partial charge >= 0.3 is 5.69 Å². The number of hydrogen-bond donors (Lipinski definition) is 0. The number of thioether (sulfide) groups is 1. The van der Waals surface area contributed by atoms with E-state index in [2.05, 4.69) is 28.8 Å². The van der Waals surface area contributed by atoms with Crippen LogP contribution in [0.25, 0.3) is 11.0 Å². The number of aryl methyl sites for hydroxylation is 1. The molecule has 0 fully saturated rings. The molecule has 0 saturated carbocycles. The summed E-state index contributed by atoms with van der Waals surface area (Å²) >= 11 is 1.46. The predicted molar refractivity (Wildman–Crippen MR) is 102 cm³/mol. The third kappa shape index (κ3) is 3.55. The predicted octanol–water partition coefficient (Wildman–Crippen LogP) is 1.91. The topological polar surface area (TPSA) is 82.7 Å². The molecular weight excluding hydrogens is 350 g/mol. The molecule has 0 aliphatic rings. The first-order chi connectivity index (χ1) is 12.4. The molecule has 8 heteroatoms. The Labute approximate surface area is 155 Å². The van der Waals surface area contributed by atoms with Gasteiger partial charge in [0.05, 0.1) is 0 Å². The third-order valence-electron chi connectivity index (χ3n) is 4.00. The van der Waals surface area contributed by atoms with Gasteiger partial charge < -0.3 is 0 Å². The summed E-state index contributed by atoms with van der Waals surface area (Å²) in [6.07, 6.45) is 4.19. The summed E-state index contributed by atoms with van der Waals surface area (Å²) in [6, 6.07) is 3.85. The Hall–Kier alpha value is -2.48. The van der Waals surface area contributed by atoms with Gasteiger partial charge in [0.2, 0.25) is 0 Å². The first-order valence-electron chi connectivity index (χ1n) is 8.36. The SMILES string of the molecule is CC(C)Cc1nc(SCc2cccnc2)c2c(=O)n(C)c(=O)n(C)c2n1. The Kier molecular flexibility index (Phi) is 5.22. The number of hydrogen-bond acceptors (Lipinski definition) is 6. The van der Waals surface area contributed by atoms with E-state index in [0.717, 1.165) is 10.1 Å². The van der Waals surface area contributed by atoms with E-state index in [-0.39, 0.29) is 11.2 Å². The van der Waals surface area contributed by atoms with Gasteiger partial charge in [-0.3, -0.25) is 18.9 Å². The standard InChI is InChI=1S/C18H21N5O2S/c1-11(2)8-13-20-15-14(17(24)23(4)18(25)22(15)3)16(21-13)26-10-12-6-5-7-19-9-12/h5-7,9,11H,8,10H2,1-4H3. The molecule has 0 radical (unpaired) electrons. The van der Waals surface area contributed by atoms with Gasteiger partial charge in [-0.15, -0.1) is 11.8 Å². The van der Waals surface area contributed by atoms with E-state index in [1.54, 1.807) is 19.4 Å². The maximum absolute atomic E-state index is 12.7. The molecule has 0 unspecified atom stereocenters. The molecule has 3 aromatic rings. The van der Waals surface area contributed by atoms with Crippen LogP contribution < -0.4 is 11.2 Å². The van der Waals surface area contributed by atoms with Gasteiger partial charge in [-0.2, -0.15) is 0 Å². The van der Waals surface area contributed by atoms with Crippen LogP contribution in [0.4, 0.5) is 0 Å². The van der Waals surface area contributed by atoms with Crippen molar-refractivity contribution in [1.29, 1.82) is 0 Å². The van der Waals surface area contributed by atoms with Crippen LogP contribution in [0, 0.1) is 5.92 Å². The van der Waals surface area contributed by atoms with Crippen molar-refractivity contribution >= 4 is 22.8 Å². The highest BCUT2D eigenvalue weighted by molar-refractivity contribution is 7.98. The number of aromatic nitrogens is 5. The Balaban J connectivity index is 2.18. The Bertz CT molecular complexity index is 1060. The van der Waals surface area contributed by atoms with Crippen LogP contribution in [-0.2, 0) is 26.3 Å². The molecule has 0 N–H and O–H groups in total. The Morgan fingerprint density at radius 3 is 2.58 bits per heavy atom.